The maximum Gasteiger partial charge on any atom is 0.224 e. The van der Waals surface area contributed by atoms with Crippen LogP contribution in [0, 0.1) is 5.92 Å². The maximum atomic E-state index is 12.0. The van der Waals surface area contributed by atoms with Gasteiger partial charge in [0.1, 0.15) is 0 Å². The molecule has 4 heteroatoms. The molecule has 0 aliphatic heterocycles. The summed E-state index contributed by atoms with van der Waals surface area (Å²) in [5.41, 5.74) is 7.31. The SMILES string of the molecule is CCOCC(NC(=O)Cc1cccc(N)c1)C(C)C. The number of nitrogens with one attached hydrogen (secondary N) is 1. The molecule has 1 aromatic rings. The molecule has 1 atom stereocenters. The van der Waals surface area contributed by atoms with Gasteiger partial charge in [-0.15, -0.1) is 0 Å². The molecule has 0 saturated heterocycles. The quantitative estimate of drug-likeness (QED) is 0.740. The number of carbonyl (C=O) groups excluding carboxylic acids is 1. The molecule has 0 heterocycles. The van der Waals surface area contributed by atoms with E-state index in [1.54, 1.807) is 0 Å². The monoisotopic (exact) mass is 264 g/mol. The Morgan fingerprint density at radius 2 is 2.16 bits per heavy atom. The summed E-state index contributed by atoms with van der Waals surface area (Å²) in [5.74, 6) is 0.348. The van der Waals surface area contributed by atoms with Gasteiger partial charge in [-0.25, -0.2) is 0 Å². The lowest BCUT2D eigenvalue weighted by Crippen LogP contribution is -2.42. The Bertz CT molecular complexity index is 405. The third kappa shape index (κ3) is 5.75. The van der Waals surface area contributed by atoms with Crippen LogP contribution < -0.4 is 11.1 Å². The van der Waals surface area contributed by atoms with Gasteiger partial charge in [-0.05, 0) is 30.5 Å². The van der Waals surface area contributed by atoms with Crippen molar-refractivity contribution in [2.75, 3.05) is 18.9 Å². The van der Waals surface area contributed by atoms with E-state index in [0.717, 1.165) is 5.56 Å². The van der Waals surface area contributed by atoms with Crippen LogP contribution in [-0.2, 0) is 16.0 Å². The summed E-state index contributed by atoms with van der Waals surface area (Å²) in [4.78, 5) is 12.0. The highest BCUT2D eigenvalue weighted by Gasteiger charge is 2.16. The number of hydrogen-bond donors (Lipinski definition) is 2. The van der Waals surface area contributed by atoms with E-state index in [-0.39, 0.29) is 11.9 Å². The molecule has 4 nitrogen and oxygen atoms in total. The van der Waals surface area contributed by atoms with Gasteiger partial charge in [0.15, 0.2) is 0 Å². The van der Waals surface area contributed by atoms with E-state index in [2.05, 4.69) is 19.2 Å². The summed E-state index contributed by atoms with van der Waals surface area (Å²) >= 11 is 0. The van der Waals surface area contributed by atoms with E-state index in [9.17, 15) is 4.79 Å². The van der Waals surface area contributed by atoms with Gasteiger partial charge < -0.3 is 15.8 Å². The number of anilines is 1. The normalized spacial score (nSPS) is 12.4. The molecule has 1 unspecified atom stereocenters. The minimum atomic E-state index is 0.00371. The second kappa shape index (κ2) is 7.79. The van der Waals surface area contributed by atoms with Crippen LogP contribution in [-0.4, -0.2) is 25.2 Å². The van der Waals surface area contributed by atoms with Crippen LogP contribution in [0.2, 0.25) is 0 Å². The zero-order valence-corrected chi connectivity index (χ0v) is 12.0. The molecule has 0 fully saturated rings. The summed E-state index contributed by atoms with van der Waals surface area (Å²) in [6.45, 7) is 7.31. The van der Waals surface area contributed by atoms with Gasteiger partial charge in [0.05, 0.1) is 19.1 Å². The van der Waals surface area contributed by atoms with Crippen LogP contribution in [0.5, 0.6) is 0 Å². The van der Waals surface area contributed by atoms with E-state index in [0.29, 0.717) is 31.2 Å². The average molecular weight is 264 g/mol. The average Bonchev–Trinajstić information content (AvgIpc) is 2.34. The molecular formula is C15H24N2O2. The van der Waals surface area contributed by atoms with Gasteiger partial charge in [0.2, 0.25) is 5.91 Å². The van der Waals surface area contributed by atoms with Crippen molar-refractivity contribution in [1.82, 2.24) is 5.32 Å². The van der Waals surface area contributed by atoms with Gasteiger partial charge >= 0.3 is 0 Å². The van der Waals surface area contributed by atoms with E-state index < -0.39 is 0 Å². The molecule has 1 rings (SSSR count). The summed E-state index contributed by atoms with van der Waals surface area (Å²) in [6.07, 6.45) is 0.348. The topological polar surface area (TPSA) is 64.3 Å². The lowest BCUT2D eigenvalue weighted by Gasteiger charge is -2.22. The molecular weight excluding hydrogens is 240 g/mol. The number of nitrogen functional groups attached to an aromatic ring is 1. The number of rotatable bonds is 7. The number of ether oxygens (including phenoxy) is 1. The van der Waals surface area contributed by atoms with Gasteiger partial charge in [-0.2, -0.15) is 0 Å². The summed E-state index contributed by atoms with van der Waals surface area (Å²) in [7, 11) is 0. The molecule has 0 spiro atoms. The molecule has 106 valence electrons. The first kappa shape index (κ1) is 15.5. The minimum absolute atomic E-state index is 0.00371. The van der Waals surface area contributed by atoms with E-state index in [4.69, 9.17) is 10.5 Å². The van der Waals surface area contributed by atoms with Gasteiger partial charge in [-0.3, -0.25) is 4.79 Å². The molecule has 0 radical (unpaired) electrons. The zero-order chi connectivity index (χ0) is 14.3. The molecule has 0 aliphatic carbocycles. The Balaban J connectivity index is 2.52. The highest BCUT2D eigenvalue weighted by atomic mass is 16.5. The third-order valence-corrected chi connectivity index (χ3v) is 2.97. The molecule has 0 saturated carbocycles. The number of nitrogens with two attached hydrogens (primary N) is 1. The Morgan fingerprint density at radius 3 is 2.74 bits per heavy atom. The Kier molecular flexibility index (Phi) is 6.36. The molecule has 0 aromatic heterocycles. The first-order chi connectivity index (χ1) is 9.02. The highest BCUT2D eigenvalue weighted by molar-refractivity contribution is 5.79. The van der Waals surface area contributed by atoms with E-state index in [1.807, 2.05) is 31.2 Å². The second-order valence-electron chi connectivity index (χ2n) is 5.00. The molecule has 0 bridgehead atoms. The number of hydrogen-bond acceptors (Lipinski definition) is 3. The predicted molar refractivity (Wildman–Crippen MR) is 77.8 cm³/mol. The molecule has 0 aliphatic rings. The Hall–Kier alpha value is -1.55. The molecule has 1 amide bonds. The van der Waals surface area contributed by atoms with Crippen molar-refractivity contribution in [1.29, 1.82) is 0 Å². The predicted octanol–water partition coefficient (Wildman–Crippen LogP) is 1.99. The number of carbonyl (C=O) groups is 1. The largest absolute Gasteiger partial charge is 0.399 e. The lowest BCUT2D eigenvalue weighted by molar-refractivity contribution is -0.122. The summed E-state index contributed by atoms with van der Waals surface area (Å²) < 4.78 is 5.39. The van der Waals surface area contributed by atoms with Crippen molar-refractivity contribution in [2.45, 2.75) is 33.2 Å². The van der Waals surface area contributed by atoms with Crippen LogP contribution in [0.1, 0.15) is 26.3 Å². The van der Waals surface area contributed by atoms with E-state index >= 15 is 0 Å². The first-order valence-electron chi connectivity index (χ1n) is 6.74. The smallest absolute Gasteiger partial charge is 0.224 e. The maximum absolute atomic E-state index is 12.0. The van der Waals surface area contributed by atoms with Crippen molar-refractivity contribution in [2.24, 2.45) is 5.92 Å². The fourth-order valence-corrected chi connectivity index (χ4v) is 1.79. The summed E-state index contributed by atoms with van der Waals surface area (Å²) in [6, 6.07) is 7.45. The van der Waals surface area contributed by atoms with Gasteiger partial charge in [-0.1, -0.05) is 26.0 Å². The zero-order valence-electron chi connectivity index (χ0n) is 12.0. The minimum Gasteiger partial charge on any atom is -0.399 e. The summed E-state index contributed by atoms with van der Waals surface area (Å²) in [5, 5.41) is 3.01. The van der Waals surface area contributed by atoms with Crippen molar-refractivity contribution in [3.63, 3.8) is 0 Å². The van der Waals surface area contributed by atoms with Gasteiger partial charge in [0.25, 0.3) is 0 Å². The van der Waals surface area contributed by atoms with E-state index in [1.165, 1.54) is 0 Å². The van der Waals surface area contributed by atoms with Crippen LogP contribution in [0.25, 0.3) is 0 Å². The van der Waals surface area contributed by atoms with Crippen molar-refractivity contribution in [3.8, 4) is 0 Å². The highest BCUT2D eigenvalue weighted by Crippen LogP contribution is 2.08. The Labute approximate surface area is 115 Å². The second-order valence-corrected chi connectivity index (χ2v) is 5.00. The van der Waals surface area contributed by atoms with Crippen LogP contribution >= 0.6 is 0 Å². The fourth-order valence-electron chi connectivity index (χ4n) is 1.79. The molecule has 19 heavy (non-hydrogen) atoms. The third-order valence-electron chi connectivity index (χ3n) is 2.97. The molecule has 3 N–H and O–H groups in total. The van der Waals surface area contributed by atoms with Crippen molar-refractivity contribution in [3.05, 3.63) is 29.8 Å². The fraction of sp³-hybridized carbons (Fsp3) is 0.533. The van der Waals surface area contributed by atoms with Crippen molar-refractivity contribution >= 4 is 11.6 Å². The number of amides is 1. The molecule has 1 aromatic carbocycles. The van der Waals surface area contributed by atoms with Crippen LogP contribution in [0.4, 0.5) is 5.69 Å². The van der Waals surface area contributed by atoms with Crippen LogP contribution in [0.3, 0.4) is 0 Å². The lowest BCUT2D eigenvalue weighted by atomic mass is 10.0. The van der Waals surface area contributed by atoms with Crippen molar-refractivity contribution < 1.29 is 9.53 Å². The number of benzene rings is 1. The Morgan fingerprint density at radius 1 is 1.42 bits per heavy atom. The van der Waals surface area contributed by atoms with Gasteiger partial charge in [0, 0.05) is 12.3 Å². The first-order valence-corrected chi connectivity index (χ1v) is 6.74. The standard InChI is InChI=1S/C15H24N2O2/c1-4-19-10-14(11(2)3)17-15(18)9-12-6-5-7-13(16)8-12/h5-8,11,14H,4,9-10,16H2,1-3H3,(H,17,18). The van der Waals surface area contributed by atoms with Crippen LogP contribution in [0.15, 0.2) is 24.3 Å².